The summed E-state index contributed by atoms with van der Waals surface area (Å²) >= 11 is 5.15. The zero-order chi connectivity index (χ0) is 22.7. The van der Waals surface area contributed by atoms with Crippen LogP contribution in [0.1, 0.15) is 32.3 Å². The number of benzene rings is 1. The average Bonchev–Trinajstić information content (AvgIpc) is 2.68. The number of hydrogen-bond acceptors (Lipinski definition) is 5. The molecule has 1 aromatic rings. The highest BCUT2D eigenvalue weighted by atomic mass is 35.5. The minimum absolute atomic E-state index is 0.00168. The van der Waals surface area contributed by atoms with Gasteiger partial charge in [-0.15, -0.1) is 0 Å². The lowest BCUT2D eigenvalue weighted by atomic mass is 10.0. The topological polar surface area (TPSA) is 131 Å². The lowest BCUT2D eigenvalue weighted by Gasteiger charge is -2.26. The Bertz CT molecular complexity index is 733. The Morgan fingerprint density at radius 1 is 1.20 bits per heavy atom. The second-order valence-electron chi connectivity index (χ2n) is 6.87. The predicted octanol–water partition coefficient (Wildman–Crippen LogP) is 1.60. The zero-order valence-electron chi connectivity index (χ0n) is 16.8. The minimum Gasteiger partial charge on any atom is -0.445 e. The van der Waals surface area contributed by atoms with E-state index < -0.39 is 35.5 Å². The van der Waals surface area contributed by atoms with Crippen LogP contribution >= 0.6 is 11.6 Å². The molecule has 1 rings (SSSR count). The molecule has 0 spiro atoms. The van der Waals surface area contributed by atoms with Crippen LogP contribution in [0.3, 0.4) is 0 Å². The van der Waals surface area contributed by atoms with E-state index in [1.807, 2.05) is 19.9 Å². The summed E-state index contributed by atoms with van der Waals surface area (Å²) in [5, 5.41) is 2.99. The van der Waals surface area contributed by atoms with E-state index in [1.54, 1.807) is 24.3 Å². The summed E-state index contributed by atoms with van der Waals surface area (Å²) in [7, 11) is 0. The fraction of sp³-hybridized carbons (Fsp3) is 0.474. The van der Waals surface area contributed by atoms with Crippen LogP contribution in [0.2, 0.25) is 0 Å². The summed E-state index contributed by atoms with van der Waals surface area (Å²) in [6.45, 7) is 3.27. The number of carbonyl (C=O) groups excluding carboxylic acids is 4. The van der Waals surface area contributed by atoms with E-state index in [4.69, 9.17) is 22.1 Å². The number of hydrogen-bond donors (Lipinski definition) is 3. The van der Waals surface area contributed by atoms with Gasteiger partial charge in [0.05, 0.1) is 6.54 Å². The van der Waals surface area contributed by atoms with E-state index >= 15 is 0 Å². The van der Waals surface area contributed by atoms with Crippen LogP contribution in [0.25, 0.3) is 0 Å². The van der Waals surface area contributed by atoms with Crippen molar-refractivity contribution < 1.29 is 28.3 Å². The molecule has 4 N–H and O–H groups in total. The summed E-state index contributed by atoms with van der Waals surface area (Å²) in [6.07, 6.45) is -0.948. The summed E-state index contributed by atoms with van der Waals surface area (Å²) in [5.74, 6) is -2.82. The van der Waals surface area contributed by atoms with Gasteiger partial charge in [0.2, 0.25) is 5.91 Å². The van der Waals surface area contributed by atoms with Crippen LogP contribution in [0.15, 0.2) is 30.3 Å². The fourth-order valence-corrected chi connectivity index (χ4v) is 2.50. The largest absolute Gasteiger partial charge is 0.445 e. The maximum atomic E-state index is 13.2. The third kappa shape index (κ3) is 9.55. The van der Waals surface area contributed by atoms with E-state index in [2.05, 4.69) is 10.7 Å². The molecular weight excluding hydrogens is 419 g/mol. The number of rotatable bonds is 10. The van der Waals surface area contributed by atoms with E-state index in [-0.39, 0.29) is 31.9 Å². The first-order valence-corrected chi connectivity index (χ1v) is 9.69. The third-order valence-corrected chi connectivity index (χ3v) is 3.99. The zero-order valence-corrected chi connectivity index (χ0v) is 17.5. The Balaban J connectivity index is 2.78. The highest BCUT2D eigenvalue weighted by molar-refractivity contribution is 6.29. The van der Waals surface area contributed by atoms with Crippen molar-refractivity contribution in [3.05, 3.63) is 35.9 Å². The highest BCUT2D eigenvalue weighted by Crippen LogP contribution is 2.08. The average molecular weight is 445 g/mol. The Morgan fingerprint density at radius 2 is 1.83 bits per heavy atom. The Hall–Kier alpha value is -2.88. The molecule has 0 unspecified atom stereocenters. The summed E-state index contributed by atoms with van der Waals surface area (Å²) < 4.78 is 18.3. The van der Waals surface area contributed by atoms with Crippen molar-refractivity contribution in [2.45, 2.75) is 45.0 Å². The fourth-order valence-electron chi connectivity index (χ4n) is 2.38. The molecule has 9 nitrogen and oxygen atoms in total. The number of carbonyl (C=O) groups is 4. The molecule has 1 aromatic carbocycles. The molecule has 0 fully saturated rings. The second kappa shape index (κ2) is 12.6. The first kappa shape index (κ1) is 25.2. The first-order valence-electron chi connectivity index (χ1n) is 9.25. The SMILES string of the molecule is CC(C)C[C@@H](NC(=O)OCc1ccccc1)C(=O)NN(CCC(N)=O)C(=O)[C@H](F)Cl. The number of nitrogens with zero attached hydrogens (tertiary/aromatic N) is 1. The van der Waals surface area contributed by atoms with Crippen LogP contribution in [0.4, 0.5) is 9.18 Å². The van der Waals surface area contributed by atoms with Crippen molar-refractivity contribution in [3.63, 3.8) is 0 Å². The lowest BCUT2D eigenvalue weighted by molar-refractivity contribution is -0.144. The van der Waals surface area contributed by atoms with Crippen LogP contribution in [0, 0.1) is 5.92 Å². The van der Waals surface area contributed by atoms with Crippen LogP contribution in [-0.4, -0.2) is 47.0 Å². The minimum atomic E-state index is -2.43. The second-order valence-corrected chi connectivity index (χ2v) is 7.25. The van der Waals surface area contributed by atoms with Crippen molar-refractivity contribution in [1.82, 2.24) is 15.8 Å². The maximum absolute atomic E-state index is 13.2. The van der Waals surface area contributed by atoms with Gasteiger partial charge in [-0.05, 0) is 17.9 Å². The van der Waals surface area contributed by atoms with Crippen molar-refractivity contribution in [2.75, 3.05) is 6.54 Å². The number of nitrogens with two attached hydrogens (primary N) is 1. The molecule has 0 bridgehead atoms. The molecule has 30 heavy (non-hydrogen) atoms. The van der Waals surface area contributed by atoms with Gasteiger partial charge in [-0.25, -0.2) is 14.2 Å². The Morgan fingerprint density at radius 3 is 2.37 bits per heavy atom. The lowest BCUT2D eigenvalue weighted by Crippen LogP contribution is -2.56. The van der Waals surface area contributed by atoms with E-state index in [0.29, 0.717) is 5.01 Å². The molecule has 0 saturated heterocycles. The van der Waals surface area contributed by atoms with Crippen molar-refractivity contribution in [3.8, 4) is 0 Å². The van der Waals surface area contributed by atoms with E-state index in [0.717, 1.165) is 5.56 Å². The molecule has 0 radical (unpaired) electrons. The molecule has 0 heterocycles. The Labute approximate surface area is 179 Å². The number of primary amides is 1. The monoisotopic (exact) mass is 444 g/mol. The van der Waals surface area contributed by atoms with Crippen molar-refractivity contribution in [2.24, 2.45) is 11.7 Å². The van der Waals surface area contributed by atoms with Gasteiger partial charge in [-0.3, -0.25) is 19.8 Å². The summed E-state index contributed by atoms with van der Waals surface area (Å²) in [4.78, 5) is 47.6. The maximum Gasteiger partial charge on any atom is 0.408 e. The quantitative estimate of drug-likeness (QED) is 0.372. The van der Waals surface area contributed by atoms with Crippen LogP contribution in [-0.2, 0) is 25.7 Å². The molecule has 0 saturated carbocycles. The first-order chi connectivity index (χ1) is 14.1. The van der Waals surface area contributed by atoms with Gasteiger partial charge in [0.15, 0.2) is 0 Å². The standard InChI is InChI=1S/C19H26ClFN4O5/c1-12(2)10-14(23-19(29)30-11-13-6-4-3-5-7-13)17(27)24-25(9-8-15(22)26)18(28)16(20)21/h3-7,12,14,16H,8-11H2,1-2H3,(H2,22,26)(H,23,29)(H,24,27)/t14-,16+/m1/s1. The van der Waals surface area contributed by atoms with Gasteiger partial charge < -0.3 is 15.8 Å². The van der Waals surface area contributed by atoms with E-state index in [9.17, 15) is 23.6 Å². The molecule has 4 amide bonds. The van der Waals surface area contributed by atoms with Gasteiger partial charge in [0.25, 0.3) is 17.4 Å². The number of alkyl halides is 2. The summed E-state index contributed by atoms with van der Waals surface area (Å²) in [5.41, 5.74) is 5.55. The van der Waals surface area contributed by atoms with Gasteiger partial charge in [-0.2, -0.15) is 0 Å². The molecule has 0 aliphatic rings. The molecule has 11 heteroatoms. The molecule has 2 atom stereocenters. The number of amides is 4. The predicted molar refractivity (Wildman–Crippen MR) is 107 cm³/mol. The number of hydrazine groups is 1. The molecule has 166 valence electrons. The molecule has 0 aliphatic carbocycles. The number of halogens is 2. The van der Waals surface area contributed by atoms with E-state index in [1.165, 1.54) is 0 Å². The Kier molecular flexibility index (Phi) is 10.6. The van der Waals surface area contributed by atoms with Gasteiger partial charge in [0, 0.05) is 6.42 Å². The normalized spacial score (nSPS) is 12.6. The summed E-state index contributed by atoms with van der Waals surface area (Å²) in [6, 6.07) is 7.86. The molecule has 0 aliphatic heterocycles. The van der Waals surface area contributed by atoms with Crippen LogP contribution < -0.4 is 16.5 Å². The smallest absolute Gasteiger partial charge is 0.408 e. The molecule has 0 aromatic heterocycles. The van der Waals surface area contributed by atoms with Crippen LogP contribution in [0.5, 0.6) is 0 Å². The third-order valence-electron chi connectivity index (χ3n) is 3.81. The van der Waals surface area contributed by atoms with Crippen molar-refractivity contribution >= 4 is 35.4 Å². The van der Waals surface area contributed by atoms with Crippen molar-refractivity contribution in [1.29, 1.82) is 0 Å². The number of ether oxygens (including phenoxy) is 1. The highest BCUT2D eigenvalue weighted by Gasteiger charge is 2.28. The van der Waals surface area contributed by atoms with Gasteiger partial charge >= 0.3 is 6.09 Å². The number of nitrogens with one attached hydrogen (secondary N) is 2. The molecular formula is C19H26ClFN4O5. The van der Waals surface area contributed by atoms with Gasteiger partial charge in [0.1, 0.15) is 12.6 Å². The number of alkyl carbamates (subject to hydrolysis) is 1. The van der Waals surface area contributed by atoms with Gasteiger partial charge in [-0.1, -0.05) is 55.8 Å².